The van der Waals surface area contributed by atoms with Gasteiger partial charge >= 0.3 is 0 Å². The molecule has 0 saturated carbocycles. The van der Waals surface area contributed by atoms with Gasteiger partial charge in [0.25, 0.3) is 5.69 Å². The Morgan fingerprint density at radius 1 is 1.12 bits per heavy atom. The molecule has 0 bridgehead atoms. The molecule has 0 aliphatic carbocycles. The van der Waals surface area contributed by atoms with Crippen LogP contribution in [0.15, 0.2) is 48.5 Å². The summed E-state index contributed by atoms with van der Waals surface area (Å²) in [5.74, 6) is 1.14. The normalized spacial score (nSPS) is 10.0. The summed E-state index contributed by atoms with van der Waals surface area (Å²) in [6.45, 7) is 0.372. The number of anilines is 1. The van der Waals surface area contributed by atoms with E-state index in [-0.39, 0.29) is 23.7 Å². The third-order valence-electron chi connectivity index (χ3n) is 3.25. The molecule has 0 aromatic heterocycles. The first-order valence-electron chi connectivity index (χ1n) is 7.40. The number of methoxy groups -OCH3 is 1. The van der Waals surface area contributed by atoms with Crippen LogP contribution in [0.5, 0.6) is 11.5 Å². The van der Waals surface area contributed by atoms with Gasteiger partial charge in [0.15, 0.2) is 0 Å². The topological polar surface area (TPSA) is 90.7 Å². The predicted molar refractivity (Wildman–Crippen MR) is 89.4 cm³/mol. The van der Waals surface area contributed by atoms with Crippen LogP contribution in [0.3, 0.4) is 0 Å². The Morgan fingerprint density at radius 3 is 2.46 bits per heavy atom. The molecule has 2 aromatic rings. The molecule has 7 nitrogen and oxygen atoms in total. The van der Waals surface area contributed by atoms with Gasteiger partial charge in [0.05, 0.1) is 18.6 Å². The lowest BCUT2D eigenvalue weighted by Gasteiger charge is -2.08. The molecule has 2 aromatic carbocycles. The molecule has 0 atom stereocenters. The van der Waals surface area contributed by atoms with Crippen LogP contribution in [-0.2, 0) is 4.79 Å². The Hall–Kier alpha value is -3.09. The Bertz CT molecular complexity index is 700. The first kappa shape index (κ1) is 17.3. The summed E-state index contributed by atoms with van der Waals surface area (Å²) in [6, 6.07) is 13.2. The highest BCUT2D eigenvalue weighted by Crippen LogP contribution is 2.23. The van der Waals surface area contributed by atoms with Crippen LogP contribution >= 0.6 is 0 Å². The number of rotatable bonds is 8. The molecular weight excluding hydrogens is 312 g/mol. The summed E-state index contributed by atoms with van der Waals surface area (Å²) in [4.78, 5) is 22.2. The molecule has 2 rings (SSSR count). The van der Waals surface area contributed by atoms with Crippen molar-refractivity contribution in [1.82, 2.24) is 0 Å². The summed E-state index contributed by atoms with van der Waals surface area (Å²) < 4.78 is 10.6. The van der Waals surface area contributed by atoms with E-state index >= 15 is 0 Å². The molecule has 0 radical (unpaired) electrons. The van der Waals surface area contributed by atoms with Gasteiger partial charge in [-0.05, 0) is 36.8 Å². The van der Waals surface area contributed by atoms with Gasteiger partial charge in [-0.2, -0.15) is 0 Å². The molecule has 0 unspecified atom stereocenters. The second-order valence-electron chi connectivity index (χ2n) is 4.95. The van der Waals surface area contributed by atoms with E-state index in [0.717, 1.165) is 5.75 Å². The van der Waals surface area contributed by atoms with Crippen LogP contribution in [0, 0.1) is 10.1 Å². The summed E-state index contributed by atoms with van der Waals surface area (Å²) >= 11 is 0. The van der Waals surface area contributed by atoms with Gasteiger partial charge in [0.1, 0.15) is 17.2 Å². The standard InChI is InChI=1S/C17H18N2O5/c1-23-13-8-10-14(11-9-13)24-12-4-7-17(20)18-15-5-2-3-6-16(15)19(21)22/h2-3,5-6,8-11H,4,7,12H2,1H3,(H,18,20). The molecule has 126 valence electrons. The lowest BCUT2D eigenvalue weighted by Crippen LogP contribution is -2.13. The van der Waals surface area contributed by atoms with Crippen molar-refractivity contribution >= 4 is 17.3 Å². The third-order valence-corrected chi connectivity index (χ3v) is 3.25. The van der Waals surface area contributed by atoms with Crippen molar-refractivity contribution in [3.8, 4) is 11.5 Å². The number of nitrogens with one attached hydrogen (secondary N) is 1. The molecular formula is C17H18N2O5. The van der Waals surface area contributed by atoms with Gasteiger partial charge in [0.2, 0.25) is 5.91 Å². The average Bonchev–Trinajstić information content (AvgIpc) is 2.59. The lowest BCUT2D eigenvalue weighted by atomic mass is 10.2. The van der Waals surface area contributed by atoms with Gasteiger partial charge in [-0.1, -0.05) is 12.1 Å². The number of hydrogen-bond acceptors (Lipinski definition) is 5. The van der Waals surface area contributed by atoms with Crippen molar-refractivity contribution in [3.05, 3.63) is 58.6 Å². The molecule has 1 amide bonds. The Kier molecular flexibility index (Phi) is 6.13. The second kappa shape index (κ2) is 8.52. The summed E-state index contributed by atoms with van der Waals surface area (Å²) in [6.07, 6.45) is 0.709. The van der Waals surface area contributed by atoms with Crippen LogP contribution < -0.4 is 14.8 Å². The van der Waals surface area contributed by atoms with Gasteiger partial charge in [-0.15, -0.1) is 0 Å². The van der Waals surface area contributed by atoms with Crippen molar-refractivity contribution < 1.29 is 19.2 Å². The average molecular weight is 330 g/mol. The minimum atomic E-state index is -0.525. The van der Waals surface area contributed by atoms with Crippen LogP contribution in [0.4, 0.5) is 11.4 Å². The van der Waals surface area contributed by atoms with E-state index < -0.39 is 4.92 Å². The molecule has 0 aliphatic rings. The van der Waals surface area contributed by atoms with E-state index in [4.69, 9.17) is 9.47 Å². The van der Waals surface area contributed by atoms with E-state index in [1.807, 2.05) is 0 Å². The van der Waals surface area contributed by atoms with Crippen molar-refractivity contribution in [2.24, 2.45) is 0 Å². The molecule has 0 saturated heterocycles. The third kappa shape index (κ3) is 4.98. The molecule has 7 heteroatoms. The highest BCUT2D eigenvalue weighted by molar-refractivity contribution is 5.92. The summed E-state index contributed by atoms with van der Waals surface area (Å²) in [7, 11) is 1.59. The number of nitro benzene ring substituents is 1. The van der Waals surface area contributed by atoms with Crippen molar-refractivity contribution in [3.63, 3.8) is 0 Å². The summed E-state index contributed by atoms with van der Waals surface area (Å²) in [5, 5.41) is 13.4. The number of benzene rings is 2. The number of nitro groups is 1. The number of nitrogens with zero attached hydrogens (tertiary/aromatic N) is 1. The van der Waals surface area contributed by atoms with Gasteiger partial charge in [-0.3, -0.25) is 14.9 Å². The Balaban J connectivity index is 1.76. The van der Waals surface area contributed by atoms with E-state index in [1.165, 1.54) is 12.1 Å². The number of carbonyl (C=O) groups is 1. The zero-order chi connectivity index (χ0) is 17.4. The summed E-state index contributed by atoms with van der Waals surface area (Å²) in [5.41, 5.74) is 0.0731. The minimum absolute atomic E-state index is 0.125. The lowest BCUT2D eigenvalue weighted by molar-refractivity contribution is -0.383. The van der Waals surface area contributed by atoms with Gasteiger partial charge < -0.3 is 14.8 Å². The number of ether oxygens (including phenoxy) is 2. The van der Waals surface area contributed by atoms with E-state index in [2.05, 4.69) is 5.32 Å². The molecule has 24 heavy (non-hydrogen) atoms. The molecule has 0 spiro atoms. The van der Waals surface area contributed by atoms with Crippen LogP contribution in [0.1, 0.15) is 12.8 Å². The Morgan fingerprint density at radius 2 is 1.79 bits per heavy atom. The second-order valence-corrected chi connectivity index (χ2v) is 4.95. The quantitative estimate of drug-likeness (QED) is 0.455. The maximum atomic E-state index is 11.9. The maximum Gasteiger partial charge on any atom is 0.292 e. The highest BCUT2D eigenvalue weighted by Gasteiger charge is 2.14. The van der Waals surface area contributed by atoms with E-state index in [1.54, 1.807) is 43.5 Å². The largest absolute Gasteiger partial charge is 0.497 e. The van der Waals surface area contributed by atoms with Gasteiger partial charge in [0, 0.05) is 12.5 Å². The number of amides is 1. The highest BCUT2D eigenvalue weighted by atomic mass is 16.6. The molecule has 0 aliphatic heterocycles. The van der Waals surface area contributed by atoms with Crippen LogP contribution in [-0.4, -0.2) is 24.5 Å². The number of carbonyl (C=O) groups excluding carboxylic acids is 1. The molecule has 1 N–H and O–H groups in total. The molecule has 0 fully saturated rings. The fraction of sp³-hybridized carbons (Fsp3) is 0.235. The van der Waals surface area contributed by atoms with E-state index in [0.29, 0.717) is 18.8 Å². The van der Waals surface area contributed by atoms with Crippen LogP contribution in [0.25, 0.3) is 0 Å². The zero-order valence-electron chi connectivity index (χ0n) is 13.2. The van der Waals surface area contributed by atoms with Crippen molar-refractivity contribution in [1.29, 1.82) is 0 Å². The van der Waals surface area contributed by atoms with Crippen molar-refractivity contribution in [2.45, 2.75) is 12.8 Å². The fourth-order valence-electron chi connectivity index (χ4n) is 2.05. The number of hydrogen-bond donors (Lipinski definition) is 1. The molecule has 0 heterocycles. The van der Waals surface area contributed by atoms with Crippen LogP contribution in [0.2, 0.25) is 0 Å². The first-order chi connectivity index (χ1) is 11.6. The minimum Gasteiger partial charge on any atom is -0.497 e. The predicted octanol–water partition coefficient (Wildman–Crippen LogP) is 3.40. The monoisotopic (exact) mass is 330 g/mol. The fourth-order valence-corrected chi connectivity index (χ4v) is 2.05. The number of para-hydroxylation sites is 2. The van der Waals surface area contributed by atoms with Crippen molar-refractivity contribution in [2.75, 3.05) is 19.0 Å². The van der Waals surface area contributed by atoms with Gasteiger partial charge in [-0.25, -0.2) is 0 Å². The smallest absolute Gasteiger partial charge is 0.292 e. The Labute approximate surface area is 139 Å². The SMILES string of the molecule is COc1ccc(OCCCC(=O)Nc2ccccc2[N+](=O)[O-])cc1. The van der Waals surface area contributed by atoms with E-state index in [9.17, 15) is 14.9 Å². The zero-order valence-corrected chi connectivity index (χ0v) is 13.2. The maximum absolute atomic E-state index is 11.9. The first-order valence-corrected chi connectivity index (χ1v) is 7.40.